The molecule has 0 heterocycles. The van der Waals surface area contributed by atoms with Crippen molar-refractivity contribution in [1.82, 2.24) is 0 Å². The maximum absolute atomic E-state index is 9.35. The van der Waals surface area contributed by atoms with Crippen molar-refractivity contribution in [3.63, 3.8) is 0 Å². The highest BCUT2D eigenvalue weighted by molar-refractivity contribution is 7.81. The predicted octanol–water partition coefficient (Wildman–Crippen LogP) is 2.16. The van der Waals surface area contributed by atoms with E-state index in [1.54, 1.807) is 0 Å². The van der Waals surface area contributed by atoms with Gasteiger partial charge in [-0.05, 0) is 25.0 Å². The highest BCUT2D eigenvalue weighted by Crippen LogP contribution is 2.13. The Morgan fingerprint density at radius 3 is 2.45 bits per heavy atom. The van der Waals surface area contributed by atoms with Crippen molar-refractivity contribution in [3.05, 3.63) is 0 Å². The van der Waals surface area contributed by atoms with Gasteiger partial charge in [0.2, 0.25) is 0 Å². The lowest BCUT2D eigenvalue weighted by molar-refractivity contribution is 0.160. The molecule has 0 aliphatic carbocycles. The van der Waals surface area contributed by atoms with Crippen molar-refractivity contribution >= 4 is 25.3 Å². The molecule has 0 aliphatic rings. The van der Waals surface area contributed by atoms with E-state index in [0.717, 1.165) is 31.4 Å². The van der Waals surface area contributed by atoms with Gasteiger partial charge < -0.3 is 5.11 Å². The SMILES string of the molecule is CCCC(S)CC(O)CCS. The maximum atomic E-state index is 9.35. The molecule has 1 N–H and O–H groups in total. The summed E-state index contributed by atoms with van der Waals surface area (Å²) in [5.41, 5.74) is 0. The molecule has 0 saturated heterocycles. The van der Waals surface area contributed by atoms with Gasteiger partial charge >= 0.3 is 0 Å². The fourth-order valence-electron chi connectivity index (χ4n) is 1.03. The van der Waals surface area contributed by atoms with Crippen LogP contribution in [0, 0.1) is 0 Å². The van der Waals surface area contributed by atoms with E-state index >= 15 is 0 Å². The molecule has 0 fully saturated rings. The van der Waals surface area contributed by atoms with Crippen molar-refractivity contribution in [3.8, 4) is 0 Å². The van der Waals surface area contributed by atoms with Crippen LogP contribution >= 0.6 is 25.3 Å². The van der Waals surface area contributed by atoms with E-state index in [2.05, 4.69) is 32.2 Å². The molecule has 0 rings (SSSR count). The van der Waals surface area contributed by atoms with Crippen molar-refractivity contribution in [1.29, 1.82) is 0 Å². The molecular weight excluding hydrogens is 176 g/mol. The van der Waals surface area contributed by atoms with Crippen LogP contribution in [0.1, 0.15) is 32.6 Å². The fraction of sp³-hybridized carbons (Fsp3) is 1.00. The summed E-state index contributed by atoms with van der Waals surface area (Å²) in [6.07, 6.45) is 3.61. The number of thiol groups is 2. The van der Waals surface area contributed by atoms with Crippen LogP contribution in [0.2, 0.25) is 0 Å². The van der Waals surface area contributed by atoms with E-state index in [1.807, 2.05) is 0 Å². The summed E-state index contributed by atoms with van der Waals surface area (Å²) in [6, 6.07) is 0. The zero-order chi connectivity index (χ0) is 8.69. The van der Waals surface area contributed by atoms with Gasteiger partial charge in [0.1, 0.15) is 0 Å². The van der Waals surface area contributed by atoms with Gasteiger partial charge in [0.05, 0.1) is 6.10 Å². The highest BCUT2D eigenvalue weighted by Gasteiger charge is 2.08. The quantitative estimate of drug-likeness (QED) is 0.554. The molecule has 0 aromatic heterocycles. The number of aliphatic hydroxyl groups excluding tert-OH is 1. The van der Waals surface area contributed by atoms with Gasteiger partial charge in [0.25, 0.3) is 0 Å². The molecule has 0 aliphatic heterocycles. The zero-order valence-electron chi connectivity index (χ0n) is 7.03. The van der Waals surface area contributed by atoms with Crippen LogP contribution in [0.5, 0.6) is 0 Å². The standard InChI is InChI=1S/C8H18OS2/c1-2-3-8(11)6-7(9)4-5-10/h7-11H,2-6H2,1H3. The Kier molecular flexibility index (Phi) is 7.76. The molecule has 0 saturated carbocycles. The van der Waals surface area contributed by atoms with E-state index < -0.39 is 0 Å². The second-order valence-corrected chi connectivity index (χ2v) is 4.02. The van der Waals surface area contributed by atoms with Crippen LogP contribution in [0.4, 0.5) is 0 Å². The average molecular weight is 194 g/mol. The molecule has 1 nitrogen and oxygen atoms in total. The fourth-order valence-corrected chi connectivity index (χ4v) is 1.83. The van der Waals surface area contributed by atoms with Crippen molar-refractivity contribution in [2.45, 2.75) is 44.0 Å². The van der Waals surface area contributed by atoms with E-state index in [4.69, 9.17) is 0 Å². The first-order valence-corrected chi connectivity index (χ1v) is 5.32. The number of hydrogen-bond donors (Lipinski definition) is 3. The van der Waals surface area contributed by atoms with Gasteiger partial charge in [0.15, 0.2) is 0 Å². The Bertz CT molecular complexity index is 78.2. The van der Waals surface area contributed by atoms with E-state index in [0.29, 0.717) is 5.25 Å². The normalized spacial score (nSPS) is 16.4. The van der Waals surface area contributed by atoms with Gasteiger partial charge in [-0.2, -0.15) is 25.3 Å². The Balaban J connectivity index is 3.32. The Hall–Kier alpha value is 0.660. The molecule has 0 bridgehead atoms. The average Bonchev–Trinajstić information content (AvgIpc) is 1.87. The second-order valence-electron chi connectivity index (χ2n) is 2.84. The topological polar surface area (TPSA) is 20.2 Å². The van der Waals surface area contributed by atoms with E-state index in [9.17, 15) is 5.11 Å². The lowest BCUT2D eigenvalue weighted by atomic mass is 10.1. The maximum Gasteiger partial charge on any atom is 0.0558 e. The summed E-state index contributed by atoms with van der Waals surface area (Å²) in [4.78, 5) is 0. The third-order valence-corrected chi connectivity index (χ3v) is 2.36. The van der Waals surface area contributed by atoms with Crippen LogP contribution in [-0.2, 0) is 0 Å². The minimum Gasteiger partial charge on any atom is -0.393 e. The van der Waals surface area contributed by atoms with E-state index in [-0.39, 0.29) is 6.10 Å². The monoisotopic (exact) mass is 194 g/mol. The molecule has 2 unspecified atom stereocenters. The van der Waals surface area contributed by atoms with Crippen LogP contribution < -0.4 is 0 Å². The molecule has 68 valence electrons. The zero-order valence-corrected chi connectivity index (χ0v) is 8.82. The van der Waals surface area contributed by atoms with Gasteiger partial charge in [-0.25, -0.2) is 0 Å². The van der Waals surface area contributed by atoms with Crippen molar-refractivity contribution < 1.29 is 5.11 Å². The second kappa shape index (κ2) is 7.32. The Morgan fingerprint density at radius 2 is 2.00 bits per heavy atom. The lowest BCUT2D eigenvalue weighted by Gasteiger charge is -2.13. The van der Waals surface area contributed by atoms with Gasteiger partial charge in [-0.3, -0.25) is 0 Å². The summed E-state index contributed by atoms with van der Waals surface area (Å²) in [6.45, 7) is 2.13. The Labute approximate surface area is 80.4 Å². The summed E-state index contributed by atoms with van der Waals surface area (Å²) < 4.78 is 0. The van der Waals surface area contributed by atoms with Crippen molar-refractivity contribution in [2.75, 3.05) is 5.75 Å². The van der Waals surface area contributed by atoms with Crippen molar-refractivity contribution in [2.24, 2.45) is 0 Å². The van der Waals surface area contributed by atoms with Crippen LogP contribution in [0.3, 0.4) is 0 Å². The molecule has 0 aromatic rings. The lowest BCUT2D eigenvalue weighted by Crippen LogP contribution is -2.14. The van der Waals surface area contributed by atoms with Gasteiger partial charge in [0, 0.05) is 5.25 Å². The molecule has 11 heavy (non-hydrogen) atoms. The van der Waals surface area contributed by atoms with Crippen LogP contribution in [0.25, 0.3) is 0 Å². The third kappa shape index (κ3) is 7.04. The first kappa shape index (κ1) is 11.7. The molecule has 0 radical (unpaired) electrons. The smallest absolute Gasteiger partial charge is 0.0558 e. The molecule has 0 aromatic carbocycles. The first-order valence-electron chi connectivity index (χ1n) is 4.17. The van der Waals surface area contributed by atoms with Gasteiger partial charge in [-0.1, -0.05) is 13.3 Å². The number of hydrogen-bond acceptors (Lipinski definition) is 3. The third-order valence-electron chi connectivity index (χ3n) is 1.63. The summed E-state index contributed by atoms with van der Waals surface area (Å²) in [5, 5.41) is 9.70. The molecule has 0 spiro atoms. The van der Waals surface area contributed by atoms with Gasteiger partial charge in [-0.15, -0.1) is 0 Å². The molecule has 3 heteroatoms. The molecule has 0 amide bonds. The predicted molar refractivity (Wildman–Crippen MR) is 56.8 cm³/mol. The first-order chi connectivity index (χ1) is 5.20. The van der Waals surface area contributed by atoms with Crippen LogP contribution in [0.15, 0.2) is 0 Å². The highest BCUT2D eigenvalue weighted by atomic mass is 32.1. The minimum absolute atomic E-state index is 0.207. The Morgan fingerprint density at radius 1 is 1.36 bits per heavy atom. The summed E-state index contributed by atoms with van der Waals surface area (Å²) in [5.74, 6) is 0.758. The molecule has 2 atom stereocenters. The number of rotatable bonds is 6. The minimum atomic E-state index is -0.207. The summed E-state index contributed by atoms with van der Waals surface area (Å²) in [7, 11) is 0. The molecular formula is C8H18OS2. The number of aliphatic hydroxyl groups is 1. The largest absolute Gasteiger partial charge is 0.393 e. The summed E-state index contributed by atoms with van der Waals surface area (Å²) >= 11 is 8.41. The van der Waals surface area contributed by atoms with Crippen LogP contribution in [-0.4, -0.2) is 22.2 Å². The van der Waals surface area contributed by atoms with E-state index in [1.165, 1.54) is 0 Å².